The molecule has 0 aliphatic rings. The minimum absolute atomic E-state index is 0.0456. The number of esters is 1. The molecular weight excluding hydrogens is 717 g/mol. The van der Waals surface area contributed by atoms with E-state index in [9.17, 15) is 19.2 Å². The lowest BCUT2D eigenvalue weighted by Crippen LogP contribution is -2.47. The van der Waals surface area contributed by atoms with Gasteiger partial charge in [0.05, 0.1) is 13.2 Å². The number of ether oxygens (including phenoxy) is 1. The van der Waals surface area contributed by atoms with Crippen LogP contribution in [0.5, 0.6) is 0 Å². The Balaban J connectivity index is 4.21. The molecule has 322 valence electrons. The van der Waals surface area contributed by atoms with Crippen molar-refractivity contribution in [1.29, 1.82) is 0 Å². The van der Waals surface area contributed by atoms with Crippen LogP contribution in [0, 0.1) is 0 Å². The summed E-state index contributed by atoms with van der Waals surface area (Å²) in [7, 11) is 0. The van der Waals surface area contributed by atoms with Gasteiger partial charge in [-0.3, -0.25) is 14.4 Å². The van der Waals surface area contributed by atoms with E-state index in [4.69, 9.17) is 14.9 Å². The highest BCUT2D eigenvalue weighted by molar-refractivity contribution is 5.87. The first-order valence-electron chi connectivity index (χ1n) is 22.0. The summed E-state index contributed by atoms with van der Waals surface area (Å²) in [4.78, 5) is 47.4. The minimum atomic E-state index is -1.39. The number of rotatable bonds is 38. The van der Waals surface area contributed by atoms with Gasteiger partial charge in [-0.2, -0.15) is 0 Å². The van der Waals surface area contributed by atoms with Crippen LogP contribution in [-0.4, -0.2) is 59.3 Å². The van der Waals surface area contributed by atoms with Gasteiger partial charge in [0.1, 0.15) is 12.1 Å². The summed E-state index contributed by atoms with van der Waals surface area (Å²) in [6.07, 6.45) is 53.4. The number of carbonyl (C=O) groups is 4. The molecule has 2 unspecified atom stereocenters. The zero-order chi connectivity index (χ0) is 41.9. The highest BCUT2D eigenvalue weighted by Gasteiger charge is 2.19. The van der Waals surface area contributed by atoms with Crippen LogP contribution in [0.2, 0.25) is 0 Å². The summed E-state index contributed by atoms with van der Waals surface area (Å²) in [6, 6.07) is -1.39. The third-order valence-corrected chi connectivity index (χ3v) is 9.16. The first-order valence-corrected chi connectivity index (χ1v) is 22.0. The van der Waals surface area contributed by atoms with Crippen LogP contribution in [0.3, 0.4) is 0 Å². The Hall–Kier alpha value is -3.98. The molecule has 0 bridgehead atoms. The molecule has 0 radical (unpaired) electrons. The van der Waals surface area contributed by atoms with Crippen LogP contribution in [0.15, 0.2) is 85.1 Å². The molecule has 0 aromatic carbocycles. The fourth-order valence-corrected chi connectivity index (χ4v) is 5.82. The summed E-state index contributed by atoms with van der Waals surface area (Å²) in [5.41, 5.74) is 0. The zero-order valence-corrected chi connectivity index (χ0v) is 35.6. The van der Waals surface area contributed by atoms with Gasteiger partial charge in [-0.1, -0.05) is 150 Å². The second-order valence-corrected chi connectivity index (χ2v) is 14.4. The third-order valence-electron chi connectivity index (χ3n) is 9.16. The van der Waals surface area contributed by atoms with Gasteiger partial charge in [-0.25, -0.2) is 4.79 Å². The van der Waals surface area contributed by atoms with Crippen molar-refractivity contribution in [1.82, 2.24) is 10.6 Å². The number of amides is 2. The average Bonchev–Trinajstić information content (AvgIpc) is 3.20. The van der Waals surface area contributed by atoms with Crippen molar-refractivity contribution < 1.29 is 34.1 Å². The second kappa shape index (κ2) is 41.6. The fraction of sp³-hybridized carbons (Fsp3) is 0.625. The van der Waals surface area contributed by atoms with Gasteiger partial charge < -0.3 is 25.6 Å². The van der Waals surface area contributed by atoms with Crippen molar-refractivity contribution in [2.45, 2.75) is 180 Å². The molecule has 2 atom stereocenters. The number of carbonyl (C=O) groups excluding carboxylic acids is 3. The SMILES string of the molecule is CC/C=C\C/C=C\C/C=C\C/C=C\C/C=C\C/C=C\C/C=C\CCCC(=O)OC(CCCCCCCC)CCCCCCCC(=O)NCC(=O)NC(CO)C(=O)O. The van der Waals surface area contributed by atoms with Crippen LogP contribution >= 0.6 is 0 Å². The molecular formula is C48H78N2O7. The van der Waals surface area contributed by atoms with Crippen LogP contribution in [0.25, 0.3) is 0 Å². The normalized spacial score (nSPS) is 13.3. The Bertz CT molecular complexity index is 1230. The molecule has 0 spiro atoms. The van der Waals surface area contributed by atoms with E-state index in [1.165, 1.54) is 32.1 Å². The molecule has 9 nitrogen and oxygen atoms in total. The number of carboxylic acids is 1. The lowest BCUT2D eigenvalue weighted by Gasteiger charge is -2.18. The Morgan fingerprint density at radius 1 is 0.544 bits per heavy atom. The van der Waals surface area contributed by atoms with Gasteiger partial charge >= 0.3 is 11.9 Å². The van der Waals surface area contributed by atoms with E-state index in [0.717, 1.165) is 103 Å². The van der Waals surface area contributed by atoms with Crippen LogP contribution < -0.4 is 10.6 Å². The smallest absolute Gasteiger partial charge is 0.328 e. The van der Waals surface area contributed by atoms with Gasteiger partial charge in [0.2, 0.25) is 11.8 Å². The number of aliphatic carboxylic acids is 1. The monoisotopic (exact) mass is 795 g/mol. The molecule has 2 amide bonds. The van der Waals surface area contributed by atoms with Crippen LogP contribution in [0.1, 0.15) is 168 Å². The number of hydrogen-bond donors (Lipinski definition) is 4. The van der Waals surface area contributed by atoms with Crippen LogP contribution in [0.4, 0.5) is 0 Å². The van der Waals surface area contributed by atoms with E-state index in [-0.39, 0.29) is 30.9 Å². The molecule has 0 saturated carbocycles. The number of aliphatic hydroxyl groups excluding tert-OH is 1. The maximum absolute atomic E-state index is 12.7. The molecule has 9 heteroatoms. The van der Waals surface area contributed by atoms with E-state index in [1.807, 2.05) is 0 Å². The van der Waals surface area contributed by atoms with E-state index in [1.54, 1.807) is 0 Å². The largest absolute Gasteiger partial charge is 0.480 e. The van der Waals surface area contributed by atoms with Gasteiger partial charge in [0.25, 0.3) is 0 Å². The summed E-state index contributed by atoms with van der Waals surface area (Å²) in [5.74, 6) is -2.37. The number of aliphatic hydroxyl groups is 1. The highest BCUT2D eigenvalue weighted by atomic mass is 16.5. The van der Waals surface area contributed by atoms with Gasteiger partial charge in [0, 0.05) is 12.8 Å². The van der Waals surface area contributed by atoms with E-state index >= 15 is 0 Å². The van der Waals surface area contributed by atoms with Crippen molar-refractivity contribution in [3.05, 3.63) is 85.1 Å². The molecule has 0 aromatic rings. The predicted octanol–water partition coefficient (Wildman–Crippen LogP) is 10.9. The second-order valence-electron chi connectivity index (χ2n) is 14.4. The number of allylic oxidation sites excluding steroid dienone is 14. The van der Waals surface area contributed by atoms with Crippen LogP contribution in [-0.2, 0) is 23.9 Å². The molecule has 0 saturated heterocycles. The lowest BCUT2D eigenvalue weighted by molar-refractivity contribution is -0.150. The maximum atomic E-state index is 12.7. The molecule has 0 fully saturated rings. The van der Waals surface area contributed by atoms with Crippen molar-refractivity contribution in [3.8, 4) is 0 Å². The number of hydrogen-bond acceptors (Lipinski definition) is 6. The summed E-state index contributed by atoms with van der Waals surface area (Å²) in [5, 5.41) is 22.5. The zero-order valence-electron chi connectivity index (χ0n) is 35.6. The Morgan fingerprint density at radius 3 is 1.47 bits per heavy atom. The van der Waals surface area contributed by atoms with Gasteiger partial charge in [0.15, 0.2) is 0 Å². The van der Waals surface area contributed by atoms with Crippen molar-refractivity contribution in [2.24, 2.45) is 0 Å². The van der Waals surface area contributed by atoms with E-state index in [2.05, 4.69) is 110 Å². The number of nitrogens with one attached hydrogen (secondary N) is 2. The Labute approximate surface area is 346 Å². The lowest BCUT2D eigenvalue weighted by atomic mass is 10.0. The first-order chi connectivity index (χ1) is 27.8. The van der Waals surface area contributed by atoms with Gasteiger partial charge in [-0.15, -0.1) is 0 Å². The molecule has 0 aliphatic carbocycles. The van der Waals surface area contributed by atoms with Crippen molar-refractivity contribution >= 4 is 23.8 Å². The minimum Gasteiger partial charge on any atom is -0.480 e. The molecule has 0 heterocycles. The van der Waals surface area contributed by atoms with E-state index < -0.39 is 24.5 Å². The molecule has 0 aliphatic heterocycles. The molecule has 0 rings (SSSR count). The number of unbranched alkanes of at least 4 members (excludes halogenated alkanes) is 10. The fourth-order valence-electron chi connectivity index (χ4n) is 5.82. The van der Waals surface area contributed by atoms with Crippen molar-refractivity contribution in [3.63, 3.8) is 0 Å². The Morgan fingerprint density at radius 2 is 1.00 bits per heavy atom. The molecule has 57 heavy (non-hydrogen) atoms. The highest BCUT2D eigenvalue weighted by Crippen LogP contribution is 2.18. The Kier molecular flexibility index (Phi) is 38.7. The topological polar surface area (TPSA) is 142 Å². The number of carboxylic acid groups (broad SMARTS) is 1. The van der Waals surface area contributed by atoms with Gasteiger partial charge in [-0.05, 0) is 89.9 Å². The molecule has 0 aromatic heterocycles. The quantitative estimate of drug-likeness (QED) is 0.0277. The van der Waals surface area contributed by atoms with Crippen molar-refractivity contribution in [2.75, 3.05) is 13.2 Å². The summed E-state index contributed by atoms with van der Waals surface area (Å²) < 4.78 is 5.95. The standard InChI is InChI=1S/C48H78N2O7/c1-3-5-7-9-11-12-13-14-15-16-17-18-19-20-21-22-23-24-25-26-27-32-36-40-47(54)57-43(37-33-29-10-8-6-4-2)38-34-30-28-31-35-39-45(52)49-41-46(53)50-44(42-51)48(55)56/h5,7,11-12,14-15,17-18,20-21,23-24,26-27,43-44,51H,3-4,6,8-10,13,16,19,22,25,28-42H2,1-2H3,(H,49,52)(H,50,53)(H,55,56)/b7-5-,12-11-,15-14-,18-17-,21-20-,24-23-,27-26-. The summed E-state index contributed by atoms with van der Waals surface area (Å²) in [6.45, 7) is 3.32. The summed E-state index contributed by atoms with van der Waals surface area (Å²) >= 11 is 0. The average molecular weight is 795 g/mol. The van der Waals surface area contributed by atoms with E-state index in [0.29, 0.717) is 12.8 Å². The molecule has 4 N–H and O–H groups in total. The first kappa shape index (κ1) is 53.0. The third kappa shape index (κ3) is 38.7. The predicted molar refractivity (Wildman–Crippen MR) is 236 cm³/mol. The maximum Gasteiger partial charge on any atom is 0.328 e.